The molecule has 4 rings (SSSR count). The van der Waals surface area contributed by atoms with Gasteiger partial charge in [0.25, 0.3) is 0 Å². The number of nitrogens with zero attached hydrogens (tertiary/aromatic N) is 3. The second-order valence-electron chi connectivity index (χ2n) is 8.49. The van der Waals surface area contributed by atoms with E-state index in [4.69, 9.17) is 4.74 Å². The molecule has 1 amide bonds. The summed E-state index contributed by atoms with van der Waals surface area (Å²) in [6.07, 6.45) is 1.13. The molecule has 1 N–H and O–H groups in total. The fourth-order valence-corrected chi connectivity index (χ4v) is 4.43. The Morgan fingerprint density at radius 1 is 1.09 bits per heavy atom. The highest BCUT2D eigenvalue weighted by molar-refractivity contribution is 5.80. The summed E-state index contributed by atoms with van der Waals surface area (Å²) in [5.74, 6) is 0.738. The quantitative estimate of drug-likeness (QED) is 0.441. The highest BCUT2D eigenvalue weighted by Crippen LogP contribution is 2.26. The first-order valence-corrected chi connectivity index (χ1v) is 11.2. The lowest BCUT2D eigenvalue weighted by Crippen LogP contribution is -2.50. The van der Waals surface area contributed by atoms with Gasteiger partial charge in [-0.15, -0.1) is 0 Å². The Labute approximate surface area is 189 Å². The number of amides is 1. The molecular formula is C25H31FN4O2. The number of benzene rings is 2. The molecule has 32 heavy (non-hydrogen) atoms. The third-order valence-corrected chi connectivity index (χ3v) is 6.06. The normalized spacial score (nSPS) is 20.9. The lowest BCUT2D eigenvalue weighted by atomic mass is 10.1. The van der Waals surface area contributed by atoms with Crippen LogP contribution in [0.5, 0.6) is 0 Å². The van der Waals surface area contributed by atoms with Gasteiger partial charge in [0.2, 0.25) is 5.91 Å². The van der Waals surface area contributed by atoms with E-state index in [1.807, 2.05) is 24.0 Å². The molecule has 0 bridgehead atoms. The van der Waals surface area contributed by atoms with Gasteiger partial charge in [-0.25, -0.2) is 4.39 Å². The largest absolute Gasteiger partial charge is 0.367 e. The number of guanidine groups is 1. The number of nitrogens with one attached hydrogen (secondary N) is 1. The van der Waals surface area contributed by atoms with Gasteiger partial charge < -0.3 is 19.9 Å². The number of ether oxygens (including phenoxy) is 1. The summed E-state index contributed by atoms with van der Waals surface area (Å²) in [5, 5.41) is 3.39. The average molecular weight is 439 g/mol. The summed E-state index contributed by atoms with van der Waals surface area (Å²) in [6, 6.07) is 14.7. The zero-order chi connectivity index (χ0) is 22.5. The molecule has 1 fully saturated rings. The summed E-state index contributed by atoms with van der Waals surface area (Å²) in [5.41, 5.74) is 3.45. The van der Waals surface area contributed by atoms with Gasteiger partial charge >= 0.3 is 0 Å². The number of morpholine rings is 1. The van der Waals surface area contributed by atoms with Crippen molar-refractivity contribution < 1.29 is 13.9 Å². The van der Waals surface area contributed by atoms with Crippen molar-refractivity contribution >= 4 is 11.9 Å². The van der Waals surface area contributed by atoms with E-state index < -0.39 is 0 Å². The van der Waals surface area contributed by atoms with Gasteiger partial charge in [0.1, 0.15) is 11.9 Å². The van der Waals surface area contributed by atoms with Gasteiger partial charge in [-0.1, -0.05) is 36.4 Å². The topological polar surface area (TPSA) is 57.2 Å². The molecule has 2 aliphatic rings. The molecule has 2 heterocycles. The average Bonchev–Trinajstić information content (AvgIpc) is 3.23. The van der Waals surface area contributed by atoms with Crippen molar-refractivity contribution in [2.75, 3.05) is 26.7 Å². The van der Waals surface area contributed by atoms with Gasteiger partial charge in [0, 0.05) is 39.6 Å². The third-order valence-electron chi connectivity index (χ3n) is 6.06. The van der Waals surface area contributed by atoms with Gasteiger partial charge in [-0.3, -0.25) is 9.79 Å². The van der Waals surface area contributed by atoms with Crippen molar-refractivity contribution in [3.63, 3.8) is 0 Å². The molecule has 0 spiro atoms. The number of carbonyl (C=O) groups is 1. The first-order chi connectivity index (χ1) is 15.5. The molecule has 1 saturated heterocycles. The number of hydrogen-bond donors (Lipinski definition) is 1. The second-order valence-corrected chi connectivity index (χ2v) is 8.49. The van der Waals surface area contributed by atoms with Crippen molar-refractivity contribution in [2.24, 2.45) is 4.99 Å². The van der Waals surface area contributed by atoms with Crippen LogP contribution in [0.3, 0.4) is 0 Å². The van der Waals surface area contributed by atoms with Gasteiger partial charge in [-0.05, 0) is 42.2 Å². The first-order valence-electron chi connectivity index (χ1n) is 11.2. The molecule has 2 aromatic carbocycles. The highest BCUT2D eigenvalue weighted by Gasteiger charge is 2.28. The van der Waals surface area contributed by atoms with Crippen molar-refractivity contribution in [2.45, 2.75) is 45.1 Å². The highest BCUT2D eigenvalue weighted by atomic mass is 19.1. The van der Waals surface area contributed by atoms with Crippen LogP contribution in [0.4, 0.5) is 4.39 Å². The Bertz CT molecular complexity index is 938. The summed E-state index contributed by atoms with van der Waals surface area (Å²) in [6.45, 7) is 5.48. The number of hydrogen-bond acceptors (Lipinski definition) is 3. The van der Waals surface area contributed by atoms with Gasteiger partial charge in [-0.2, -0.15) is 0 Å². The van der Waals surface area contributed by atoms with E-state index in [1.54, 1.807) is 19.2 Å². The van der Waals surface area contributed by atoms with Crippen LogP contribution in [-0.2, 0) is 22.6 Å². The van der Waals surface area contributed by atoms with Crippen molar-refractivity contribution in [1.29, 1.82) is 0 Å². The predicted octanol–water partition coefficient (Wildman–Crippen LogP) is 3.49. The number of carbonyl (C=O) groups excluding carboxylic acids is 1. The SMILES string of the molecule is CN=C(NCCCC(=O)N1Cc2ccccc2C1)N1CC(C)OC(c2ccc(F)cc2)C1. The van der Waals surface area contributed by atoms with Crippen LogP contribution < -0.4 is 5.32 Å². The van der Waals surface area contributed by atoms with E-state index in [0.29, 0.717) is 32.6 Å². The van der Waals surface area contributed by atoms with Crippen LogP contribution in [-0.4, -0.2) is 54.5 Å². The Kier molecular flexibility index (Phi) is 7.05. The molecule has 2 atom stereocenters. The number of aliphatic imine (C=N–C) groups is 1. The number of rotatable bonds is 5. The Morgan fingerprint density at radius 3 is 2.44 bits per heavy atom. The molecule has 7 heteroatoms. The number of halogens is 1. The first kappa shape index (κ1) is 22.3. The van der Waals surface area contributed by atoms with Crippen molar-refractivity contribution in [1.82, 2.24) is 15.1 Å². The summed E-state index contributed by atoms with van der Waals surface area (Å²) >= 11 is 0. The fourth-order valence-electron chi connectivity index (χ4n) is 4.43. The standard InChI is InChI=1S/C25H31FN4O2/c1-18-14-30(17-23(32-18)19-9-11-22(26)12-10-19)25(27-2)28-13-5-8-24(31)29-15-20-6-3-4-7-21(20)16-29/h3-4,6-7,9-12,18,23H,5,8,13-17H2,1-2H3,(H,27,28). The minimum absolute atomic E-state index is 0.0238. The summed E-state index contributed by atoms with van der Waals surface area (Å²) < 4.78 is 19.4. The monoisotopic (exact) mass is 438 g/mol. The van der Waals surface area contributed by atoms with Gasteiger partial charge in [0.15, 0.2) is 5.96 Å². The summed E-state index contributed by atoms with van der Waals surface area (Å²) in [7, 11) is 1.77. The van der Waals surface area contributed by atoms with Crippen LogP contribution in [0, 0.1) is 5.82 Å². The lowest BCUT2D eigenvalue weighted by molar-refractivity contribution is -0.131. The van der Waals surface area contributed by atoms with E-state index in [-0.39, 0.29) is 23.9 Å². The maximum atomic E-state index is 13.3. The minimum Gasteiger partial charge on any atom is -0.367 e. The van der Waals surface area contributed by atoms with E-state index in [1.165, 1.54) is 23.3 Å². The van der Waals surface area contributed by atoms with Gasteiger partial charge in [0.05, 0.1) is 12.6 Å². The van der Waals surface area contributed by atoms with E-state index in [9.17, 15) is 9.18 Å². The van der Waals surface area contributed by atoms with Crippen LogP contribution in [0.15, 0.2) is 53.5 Å². The molecule has 2 unspecified atom stereocenters. The van der Waals surface area contributed by atoms with E-state index in [0.717, 1.165) is 24.5 Å². The molecule has 2 aromatic rings. The molecule has 0 aromatic heterocycles. The Balaban J connectivity index is 1.25. The third kappa shape index (κ3) is 5.27. The lowest BCUT2D eigenvalue weighted by Gasteiger charge is -2.38. The van der Waals surface area contributed by atoms with E-state index >= 15 is 0 Å². The van der Waals surface area contributed by atoms with Crippen LogP contribution in [0.1, 0.15) is 42.6 Å². The molecule has 2 aliphatic heterocycles. The Morgan fingerprint density at radius 2 is 1.78 bits per heavy atom. The second kappa shape index (κ2) is 10.1. The minimum atomic E-state index is -0.251. The predicted molar refractivity (Wildman–Crippen MR) is 123 cm³/mol. The Hall–Kier alpha value is -2.93. The number of fused-ring (bicyclic) bond motifs is 1. The van der Waals surface area contributed by atoms with Crippen LogP contribution in [0.25, 0.3) is 0 Å². The molecular weight excluding hydrogens is 407 g/mol. The molecule has 6 nitrogen and oxygen atoms in total. The maximum Gasteiger partial charge on any atom is 0.223 e. The molecule has 0 aliphatic carbocycles. The molecule has 170 valence electrons. The zero-order valence-electron chi connectivity index (χ0n) is 18.8. The maximum absolute atomic E-state index is 13.3. The zero-order valence-corrected chi connectivity index (χ0v) is 18.8. The molecule has 0 saturated carbocycles. The van der Waals surface area contributed by atoms with Crippen LogP contribution >= 0.6 is 0 Å². The van der Waals surface area contributed by atoms with Crippen molar-refractivity contribution in [3.8, 4) is 0 Å². The smallest absolute Gasteiger partial charge is 0.223 e. The summed E-state index contributed by atoms with van der Waals surface area (Å²) in [4.78, 5) is 21.1. The van der Waals surface area contributed by atoms with Crippen LogP contribution in [0.2, 0.25) is 0 Å². The van der Waals surface area contributed by atoms with E-state index in [2.05, 4.69) is 27.3 Å². The van der Waals surface area contributed by atoms with Crippen molar-refractivity contribution in [3.05, 3.63) is 71.0 Å². The fraction of sp³-hybridized carbons (Fsp3) is 0.440. The molecule has 0 radical (unpaired) electrons.